The quantitative estimate of drug-likeness (QED) is 0.742. The first-order valence-corrected chi connectivity index (χ1v) is 5.16. The molecule has 0 aromatic rings. The molecule has 1 rings (SSSR count). The first-order valence-electron chi connectivity index (χ1n) is 5.16. The van der Waals surface area contributed by atoms with Crippen LogP contribution in [0.5, 0.6) is 0 Å². The van der Waals surface area contributed by atoms with Gasteiger partial charge in [-0.2, -0.15) is 0 Å². The molecule has 2 atom stereocenters. The van der Waals surface area contributed by atoms with Crippen LogP contribution in [-0.4, -0.2) is 37.0 Å². The van der Waals surface area contributed by atoms with Crippen molar-refractivity contribution in [3.05, 3.63) is 0 Å². The number of carbonyl (C=O) groups excluding carboxylic acids is 2. The van der Waals surface area contributed by atoms with Crippen molar-refractivity contribution < 1.29 is 19.1 Å². The number of carbonyl (C=O) groups is 2. The standard InChI is InChI=1S/C10H18N2O4/c1-10(2,3)16-9(14)12-7-5-6(7)11-8(13)15-4/h6-7H,5H2,1-4H3,(H,11,13)(H,12,14)/t6-,7-/m1/s1. The molecular weight excluding hydrogens is 212 g/mol. The topological polar surface area (TPSA) is 76.7 Å². The third-order valence-electron chi connectivity index (χ3n) is 1.98. The lowest BCUT2D eigenvalue weighted by Gasteiger charge is -2.19. The Hall–Kier alpha value is -1.46. The van der Waals surface area contributed by atoms with Crippen LogP contribution in [0.3, 0.4) is 0 Å². The van der Waals surface area contributed by atoms with Gasteiger partial charge in [0.2, 0.25) is 0 Å². The SMILES string of the molecule is COC(=O)N[C@@H]1C[C@H]1NC(=O)OC(C)(C)C. The summed E-state index contributed by atoms with van der Waals surface area (Å²) in [6.07, 6.45) is -0.251. The molecule has 1 saturated carbocycles. The van der Waals surface area contributed by atoms with Gasteiger partial charge in [-0.1, -0.05) is 0 Å². The van der Waals surface area contributed by atoms with E-state index in [1.807, 2.05) is 0 Å². The molecule has 0 aliphatic heterocycles. The van der Waals surface area contributed by atoms with Gasteiger partial charge in [0.05, 0.1) is 19.2 Å². The van der Waals surface area contributed by atoms with E-state index in [-0.39, 0.29) is 12.1 Å². The molecule has 0 bridgehead atoms. The molecule has 2 N–H and O–H groups in total. The van der Waals surface area contributed by atoms with Gasteiger partial charge in [0.25, 0.3) is 0 Å². The Bertz CT molecular complexity index is 285. The summed E-state index contributed by atoms with van der Waals surface area (Å²) in [5, 5.41) is 5.25. The monoisotopic (exact) mass is 230 g/mol. The molecule has 0 spiro atoms. The van der Waals surface area contributed by atoms with E-state index in [1.165, 1.54) is 7.11 Å². The van der Waals surface area contributed by atoms with Gasteiger partial charge in [0.1, 0.15) is 5.60 Å². The predicted molar refractivity (Wildman–Crippen MR) is 57.1 cm³/mol. The third-order valence-corrected chi connectivity index (χ3v) is 1.98. The fourth-order valence-corrected chi connectivity index (χ4v) is 1.18. The van der Waals surface area contributed by atoms with Crippen molar-refractivity contribution in [2.24, 2.45) is 0 Å². The van der Waals surface area contributed by atoms with Crippen LogP contribution in [0.25, 0.3) is 0 Å². The molecule has 2 amide bonds. The molecule has 0 saturated heterocycles. The fourth-order valence-electron chi connectivity index (χ4n) is 1.18. The average Bonchev–Trinajstić information content (AvgIpc) is 2.79. The van der Waals surface area contributed by atoms with Gasteiger partial charge in [0, 0.05) is 0 Å². The minimum absolute atomic E-state index is 0.0556. The predicted octanol–water partition coefficient (Wildman–Crippen LogP) is 1.01. The second-order valence-electron chi connectivity index (χ2n) is 4.73. The zero-order chi connectivity index (χ0) is 12.3. The van der Waals surface area contributed by atoms with Gasteiger partial charge in [0.15, 0.2) is 0 Å². The smallest absolute Gasteiger partial charge is 0.407 e. The summed E-state index contributed by atoms with van der Waals surface area (Å²) in [6.45, 7) is 5.39. The highest BCUT2D eigenvalue weighted by molar-refractivity contribution is 5.70. The Kier molecular flexibility index (Phi) is 3.62. The number of hydrogen-bond donors (Lipinski definition) is 2. The maximum absolute atomic E-state index is 11.3. The van der Waals surface area contributed by atoms with Crippen LogP contribution in [0, 0.1) is 0 Å². The highest BCUT2D eigenvalue weighted by atomic mass is 16.6. The van der Waals surface area contributed by atoms with Crippen LogP contribution in [0.15, 0.2) is 0 Å². The highest BCUT2D eigenvalue weighted by Gasteiger charge is 2.40. The molecule has 0 unspecified atom stereocenters. The number of hydrogen-bond acceptors (Lipinski definition) is 4. The molecule has 0 aromatic heterocycles. The van der Waals surface area contributed by atoms with Crippen molar-refractivity contribution in [2.45, 2.75) is 44.9 Å². The fraction of sp³-hybridized carbons (Fsp3) is 0.800. The first kappa shape index (κ1) is 12.6. The Morgan fingerprint density at radius 3 is 2.06 bits per heavy atom. The van der Waals surface area contributed by atoms with E-state index in [0.717, 1.165) is 0 Å². The zero-order valence-electron chi connectivity index (χ0n) is 9.99. The summed E-state index contributed by atoms with van der Waals surface area (Å²) in [7, 11) is 1.30. The van der Waals surface area contributed by atoms with Crippen molar-refractivity contribution in [3.63, 3.8) is 0 Å². The van der Waals surface area contributed by atoms with Crippen molar-refractivity contribution in [1.82, 2.24) is 10.6 Å². The molecule has 0 aromatic carbocycles. The molecule has 16 heavy (non-hydrogen) atoms. The maximum Gasteiger partial charge on any atom is 0.407 e. The van der Waals surface area contributed by atoms with Crippen LogP contribution < -0.4 is 10.6 Å². The van der Waals surface area contributed by atoms with Crippen LogP contribution >= 0.6 is 0 Å². The second kappa shape index (κ2) is 4.59. The van der Waals surface area contributed by atoms with E-state index in [2.05, 4.69) is 15.4 Å². The highest BCUT2D eigenvalue weighted by Crippen LogP contribution is 2.21. The van der Waals surface area contributed by atoms with Gasteiger partial charge in [-0.25, -0.2) is 9.59 Å². The Morgan fingerprint density at radius 2 is 1.62 bits per heavy atom. The van der Waals surface area contributed by atoms with E-state index < -0.39 is 17.8 Å². The molecule has 1 aliphatic rings. The minimum atomic E-state index is -0.510. The first-order chi connectivity index (χ1) is 7.31. The van der Waals surface area contributed by atoms with Crippen molar-refractivity contribution in [1.29, 1.82) is 0 Å². The van der Waals surface area contributed by atoms with Crippen LogP contribution in [-0.2, 0) is 9.47 Å². The van der Waals surface area contributed by atoms with Crippen molar-refractivity contribution in [2.75, 3.05) is 7.11 Å². The Labute approximate surface area is 94.7 Å². The summed E-state index contributed by atoms with van der Waals surface area (Å²) in [6, 6.07) is -0.117. The lowest BCUT2D eigenvalue weighted by atomic mass is 10.2. The molecule has 6 heteroatoms. The zero-order valence-corrected chi connectivity index (χ0v) is 9.99. The molecular formula is C10H18N2O4. The number of alkyl carbamates (subject to hydrolysis) is 2. The van der Waals surface area contributed by atoms with E-state index >= 15 is 0 Å². The van der Waals surface area contributed by atoms with E-state index in [4.69, 9.17) is 4.74 Å². The second-order valence-corrected chi connectivity index (χ2v) is 4.73. The van der Waals surface area contributed by atoms with Crippen molar-refractivity contribution >= 4 is 12.2 Å². The maximum atomic E-state index is 11.3. The lowest BCUT2D eigenvalue weighted by molar-refractivity contribution is 0.0521. The molecule has 0 radical (unpaired) electrons. The molecule has 1 aliphatic carbocycles. The Balaban J connectivity index is 2.21. The minimum Gasteiger partial charge on any atom is -0.453 e. The Morgan fingerprint density at radius 1 is 1.12 bits per heavy atom. The largest absolute Gasteiger partial charge is 0.453 e. The van der Waals surface area contributed by atoms with Crippen LogP contribution in [0.2, 0.25) is 0 Å². The number of methoxy groups -OCH3 is 1. The van der Waals surface area contributed by atoms with Crippen molar-refractivity contribution in [3.8, 4) is 0 Å². The summed E-state index contributed by atoms with van der Waals surface area (Å²) in [4.78, 5) is 22.2. The number of amides is 2. The normalized spacial score (nSPS) is 23.2. The van der Waals surface area contributed by atoms with Gasteiger partial charge >= 0.3 is 12.2 Å². The lowest BCUT2D eigenvalue weighted by Crippen LogP contribution is -2.37. The summed E-state index contributed by atoms with van der Waals surface area (Å²) in [5.74, 6) is 0. The summed E-state index contributed by atoms with van der Waals surface area (Å²) in [5.41, 5.74) is -0.510. The van der Waals surface area contributed by atoms with E-state index in [0.29, 0.717) is 6.42 Å². The van der Waals surface area contributed by atoms with Gasteiger partial charge in [-0.05, 0) is 27.2 Å². The summed E-state index contributed by atoms with van der Waals surface area (Å²) >= 11 is 0. The summed E-state index contributed by atoms with van der Waals surface area (Å²) < 4.78 is 9.52. The van der Waals surface area contributed by atoms with Gasteiger partial charge in [-0.15, -0.1) is 0 Å². The third kappa shape index (κ3) is 4.37. The van der Waals surface area contributed by atoms with Gasteiger partial charge < -0.3 is 20.1 Å². The average molecular weight is 230 g/mol. The van der Waals surface area contributed by atoms with E-state index in [1.54, 1.807) is 20.8 Å². The molecule has 92 valence electrons. The number of nitrogens with one attached hydrogen (secondary N) is 2. The number of ether oxygens (including phenoxy) is 2. The molecule has 0 heterocycles. The molecule has 6 nitrogen and oxygen atoms in total. The van der Waals surface area contributed by atoms with Gasteiger partial charge in [-0.3, -0.25) is 0 Å². The molecule has 1 fully saturated rings. The van der Waals surface area contributed by atoms with Crippen LogP contribution in [0.4, 0.5) is 9.59 Å². The van der Waals surface area contributed by atoms with Crippen LogP contribution in [0.1, 0.15) is 27.2 Å². The number of rotatable bonds is 2. The van der Waals surface area contributed by atoms with E-state index in [9.17, 15) is 9.59 Å².